The highest BCUT2D eigenvalue weighted by molar-refractivity contribution is 5.85. The Morgan fingerprint density at radius 3 is 2.33 bits per heavy atom. The van der Waals surface area contributed by atoms with E-state index in [2.05, 4.69) is 35.6 Å². The second kappa shape index (κ2) is 6.05. The van der Waals surface area contributed by atoms with Crippen LogP contribution in [0.2, 0.25) is 0 Å². The number of halogens is 1. The highest BCUT2D eigenvalue weighted by Crippen LogP contribution is 2.41. The summed E-state index contributed by atoms with van der Waals surface area (Å²) in [6.07, 6.45) is 6.23. The van der Waals surface area contributed by atoms with Crippen molar-refractivity contribution in [1.29, 1.82) is 0 Å². The Morgan fingerprint density at radius 2 is 1.67 bits per heavy atom. The molecule has 0 unspecified atom stereocenters. The molecule has 0 spiro atoms. The Labute approximate surface area is 116 Å². The maximum absolute atomic E-state index is 5.93. The molecule has 0 radical (unpaired) electrons. The summed E-state index contributed by atoms with van der Waals surface area (Å²) in [7, 11) is 0. The van der Waals surface area contributed by atoms with E-state index in [-0.39, 0.29) is 12.4 Å². The fraction of sp³-hybridized carbons (Fsp3) is 0.600. The third-order valence-electron chi connectivity index (χ3n) is 4.24. The van der Waals surface area contributed by atoms with Gasteiger partial charge < -0.3 is 11.1 Å². The number of rotatable bonds is 3. The fourth-order valence-electron chi connectivity index (χ4n) is 3.04. The quantitative estimate of drug-likeness (QED) is 0.883. The summed E-state index contributed by atoms with van der Waals surface area (Å²) in [5.74, 6) is 0.756. The van der Waals surface area contributed by atoms with E-state index in [0.29, 0.717) is 12.1 Å². The Balaban J connectivity index is 0.00000120. The normalized spacial score (nSPS) is 34.7. The van der Waals surface area contributed by atoms with Gasteiger partial charge in [-0.05, 0) is 37.7 Å². The van der Waals surface area contributed by atoms with Crippen molar-refractivity contribution in [1.82, 2.24) is 5.32 Å². The Bertz CT molecular complexity index is 360. The topological polar surface area (TPSA) is 38.0 Å². The van der Waals surface area contributed by atoms with Gasteiger partial charge >= 0.3 is 0 Å². The predicted molar refractivity (Wildman–Crippen MR) is 78.2 cm³/mol. The summed E-state index contributed by atoms with van der Waals surface area (Å²) < 4.78 is 0. The van der Waals surface area contributed by atoms with Crippen molar-refractivity contribution in [3.05, 3.63) is 35.9 Å². The van der Waals surface area contributed by atoms with Crippen molar-refractivity contribution in [3.8, 4) is 0 Å². The van der Waals surface area contributed by atoms with Gasteiger partial charge in [0, 0.05) is 24.0 Å². The lowest BCUT2D eigenvalue weighted by molar-refractivity contribution is 0.339. The summed E-state index contributed by atoms with van der Waals surface area (Å²) in [4.78, 5) is 0. The highest BCUT2D eigenvalue weighted by Gasteiger charge is 2.39. The third-order valence-corrected chi connectivity index (χ3v) is 4.24. The van der Waals surface area contributed by atoms with Gasteiger partial charge in [0.25, 0.3) is 0 Å². The molecular weight excluding hydrogens is 244 g/mol. The van der Waals surface area contributed by atoms with E-state index in [1.807, 2.05) is 0 Å². The van der Waals surface area contributed by atoms with E-state index in [1.165, 1.54) is 37.7 Å². The Hall–Kier alpha value is -0.570. The minimum Gasteiger partial charge on any atom is -0.328 e. The zero-order valence-electron chi connectivity index (χ0n) is 10.7. The summed E-state index contributed by atoms with van der Waals surface area (Å²) in [5, 5.41) is 3.81. The molecule has 1 aromatic carbocycles. The molecule has 2 aliphatic carbocycles. The van der Waals surface area contributed by atoms with Crippen molar-refractivity contribution in [2.45, 2.75) is 56.1 Å². The molecule has 0 bridgehead atoms. The molecule has 0 saturated heterocycles. The van der Waals surface area contributed by atoms with Crippen LogP contribution in [0.15, 0.2) is 30.3 Å². The summed E-state index contributed by atoms with van der Waals surface area (Å²) in [5.41, 5.74) is 7.43. The van der Waals surface area contributed by atoms with Gasteiger partial charge in [0.2, 0.25) is 0 Å². The molecule has 2 nitrogen and oxygen atoms in total. The largest absolute Gasteiger partial charge is 0.328 e. The van der Waals surface area contributed by atoms with Crippen molar-refractivity contribution in [3.63, 3.8) is 0 Å². The molecule has 2 saturated carbocycles. The van der Waals surface area contributed by atoms with E-state index in [4.69, 9.17) is 5.73 Å². The average molecular weight is 267 g/mol. The van der Waals surface area contributed by atoms with Gasteiger partial charge in [-0.25, -0.2) is 0 Å². The molecule has 3 rings (SSSR count). The molecule has 0 aromatic heterocycles. The molecule has 18 heavy (non-hydrogen) atoms. The number of nitrogens with one attached hydrogen (secondary N) is 1. The first-order valence-electron chi connectivity index (χ1n) is 6.89. The molecule has 3 heteroatoms. The molecule has 2 atom stereocenters. The average Bonchev–Trinajstić information content (AvgIpc) is 3.13. The van der Waals surface area contributed by atoms with Crippen molar-refractivity contribution in [2.75, 3.05) is 0 Å². The van der Waals surface area contributed by atoms with E-state index >= 15 is 0 Å². The monoisotopic (exact) mass is 266 g/mol. The van der Waals surface area contributed by atoms with Crippen LogP contribution in [0.25, 0.3) is 0 Å². The van der Waals surface area contributed by atoms with Gasteiger partial charge in [-0.3, -0.25) is 0 Å². The van der Waals surface area contributed by atoms with Crippen molar-refractivity contribution < 1.29 is 0 Å². The molecule has 2 aliphatic rings. The van der Waals surface area contributed by atoms with Crippen molar-refractivity contribution in [2.24, 2.45) is 5.73 Å². The van der Waals surface area contributed by atoms with Crippen LogP contribution < -0.4 is 11.1 Å². The first kappa shape index (κ1) is 13.9. The number of benzene rings is 1. The minimum atomic E-state index is 0. The van der Waals surface area contributed by atoms with Gasteiger partial charge in [-0.2, -0.15) is 0 Å². The number of nitrogens with two attached hydrogens (primary N) is 1. The zero-order chi connectivity index (χ0) is 11.7. The SMILES string of the molecule is Cl.N[C@H]1CC[C@H](N[C@@H]2C[C@H]2c2ccccc2)CC1. The number of hydrogen-bond donors (Lipinski definition) is 2. The van der Waals surface area contributed by atoms with E-state index < -0.39 is 0 Å². The minimum absolute atomic E-state index is 0. The molecule has 100 valence electrons. The maximum Gasteiger partial charge on any atom is 0.0145 e. The van der Waals surface area contributed by atoms with Gasteiger partial charge in [0.1, 0.15) is 0 Å². The van der Waals surface area contributed by atoms with Crippen LogP contribution in [-0.2, 0) is 0 Å². The highest BCUT2D eigenvalue weighted by atomic mass is 35.5. The lowest BCUT2D eigenvalue weighted by Gasteiger charge is -2.27. The van der Waals surface area contributed by atoms with Crippen LogP contribution in [0, 0.1) is 0 Å². The molecule has 0 amide bonds. The van der Waals surface area contributed by atoms with E-state index in [9.17, 15) is 0 Å². The van der Waals surface area contributed by atoms with Crippen LogP contribution in [0.3, 0.4) is 0 Å². The lowest BCUT2D eigenvalue weighted by Crippen LogP contribution is -2.38. The Morgan fingerprint density at radius 1 is 1.00 bits per heavy atom. The van der Waals surface area contributed by atoms with Crippen LogP contribution in [0.5, 0.6) is 0 Å². The van der Waals surface area contributed by atoms with Crippen molar-refractivity contribution >= 4 is 12.4 Å². The standard InChI is InChI=1S/C15H22N2.ClH/c16-12-6-8-13(9-7-12)17-15-10-14(15)11-4-2-1-3-5-11;/h1-5,12-15,17H,6-10,16H2;1H/t12-,13-,14-,15+;/m0./s1. The van der Waals surface area contributed by atoms with E-state index in [0.717, 1.165) is 12.0 Å². The summed E-state index contributed by atoms with van der Waals surface area (Å²) >= 11 is 0. The zero-order valence-corrected chi connectivity index (χ0v) is 11.5. The van der Waals surface area contributed by atoms with Gasteiger partial charge in [-0.15, -0.1) is 12.4 Å². The molecule has 0 aliphatic heterocycles. The molecule has 3 N–H and O–H groups in total. The van der Waals surface area contributed by atoms with Gasteiger partial charge in [0.15, 0.2) is 0 Å². The molecule has 2 fully saturated rings. The first-order chi connectivity index (χ1) is 8.33. The van der Waals surface area contributed by atoms with E-state index in [1.54, 1.807) is 0 Å². The first-order valence-corrected chi connectivity index (χ1v) is 6.89. The number of hydrogen-bond acceptors (Lipinski definition) is 2. The molecule has 1 aromatic rings. The van der Waals surface area contributed by atoms with Crippen LogP contribution in [0.1, 0.15) is 43.6 Å². The maximum atomic E-state index is 5.93. The van der Waals surface area contributed by atoms with Gasteiger partial charge in [-0.1, -0.05) is 30.3 Å². The fourth-order valence-corrected chi connectivity index (χ4v) is 3.04. The summed E-state index contributed by atoms with van der Waals surface area (Å²) in [6, 6.07) is 12.8. The Kier molecular flexibility index (Phi) is 4.66. The lowest BCUT2D eigenvalue weighted by atomic mass is 9.92. The van der Waals surface area contributed by atoms with Gasteiger partial charge in [0.05, 0.1) is 0 Å². The van der Waals surface area contributed by atoms with Crippen LogP contribution in [-0.4, -0.2) is 18.1 Å². The predicted octanol–water partition coefficient (Wildman–Crippen LogP) is 2.82. The summed E-state index contributed by atoms with van der Waals surface area (Å²) in [6.45, 7) is 0. The molecule has 0 heterocycles. The second-order valence-electron chi connectivity index (χ2n) is 5.64. The van der Waals surface area contributed by atoms with Crippen LogP contribution >= 0.6 is 12.4 Å². The smallest absolute Gasteiger partial charge is 0.0145 e. The third kappa shape index (κ3) is 3.25. The molecular formula is C15H23ClN2. The second-order valence-corrected chi connectivity index (χ2v) is 5.64. The van der Waals surface area contributed by atoms with Crippen LogP contribution in [0.4, 0.5) is 0 Å².